The highest BCUT2D eigenvalue weighted by Gasteiger charge is 2.53. The van der Waals surface area contributed by atoms with Crippen LogP contribution in [0.1, 0.15) is 67.8 Å². The van der Waals surface area contributed by atoms with Crippen molar-refractivity contribution in [3.05, 3.63) is 35.0 Å². The van der Waals surface area contributed by atoms with Crippen LogP contribution < -0.4 is 0 Å². The standard InChI is InChI=1S/C25H33N3O/c1-17-6-8-20-19(14-17)23-21-9-7-18(26(21)2)15-22(23)28(20)16-25(10-11-25)24(29)27-12-4-3-5-13-27/h6,8,14,18,21H,3-5,7,9-13,15-16H2,1-2H3. The Morgan fingerprint density at radius 3 is 2.69 bits per heavy atom. The van der Waals surface area contributed by atoms with Crippen LogP contribution in [-0.2, 0) is 17.8 Å². The van der Waals surface area contributed by atoms with Gasteiger partial charge < -0.3 is 9.47 Å². The number of rotatable bonds is 3. The lowest BCUT2D eigenvalue weighted by Gasteiger charge is -2.34. The molecule has 4 nitrogen and oxygen atoms in total. The van der Waals surface area contributed by atoms with Crippen molar-refractivity contribution in [1.29, 1.82) is 0 Å². The Balaban J connectivity index is 1.43. The minimum atomic E-state index is -0.135. The van der Waals surface area contributed by atoms with Gasteiger partial charge in [-0.3, -0.25) is 9.69 Å². The molecule has 1 amide bonds. The molecule has 1 aliphatic carbocycles. The molecular weight excluding hydrogens is 358 g/mol. The van der Waals surface area contributed by atoms with Gasteiger partial charge in [-0.1, -0.05) is 11.6 Å². The number of likely N-dealkylation sites (tertiary alicyclic amines) is 1. The SMILES string of the molecule is Cc1ccc2c(c1)c1c(n2CC2(C(=O)N3CCCCC3)CC2)CC2CCC1N2C. The van der Waals surface area contributed by atoms with E-state index in [2.05, 4.69) is 46.5 Å². The highest BCUT2D eigenvalue weighted by Crippen LogP contribution is 2.52. The van der Waals surface area contributed by atoms with E-state index in [-0.39, 0.29) is 5.41 Å². The van der Waals surface area contributed by atoms with Crippen molar-refractivity contribution in [1.82, 2.24) is 14.4 Å². The second-order valence-corrected chi connectivity index (χ2v) is 10.2. The van der Waals surface area contributed by atoms with Gasteiger partial charge in [0, 0.05) is 54.7 Å². The lowest BCUT2D eigenvalue weighted by atomic mass is 9.96. The molecule has 1 aromatic carbocycles. The van der Waals surface area contributed by atoms with Crippen molar-refractivity contribution >= 4 is 16.8 Å². The summed E-state index contributed by atoms with van der Waals surface area (Å²) < 4.78 is 2.58. The number of fused-ring (bicyclic) bond motifs is 6. The van der Waals surface area contributed by atoms with Gasteiger partial charge in [0.05, 0.1) is 5.41 Å². The Hall–Kier alpha value is -1.81. The zero-order valence-electron chi connectivity index (χ0n) is 17.9. The number of carbonyl (C=O) groups excluding carboxylic acids is 1. The van der Waals surface area contributed by atoms with Gasteiger partial charge in [0.2, 0.25) is 5.91 Å². The summed E-state index contributed by atoms with van der Waals surface area (Å²) in [5, 5.41) is 1.44. The molecule has 4 heteroatoms. The largest absolute Gasteiger partial charge is 0.343 e. The molecule has 154 valence electrons. The molecule has 2 atom stereocenters. The van der Waals surface area contributed by atoms with Crippen LogP contribution in [0.25, 0.3) is 10.9 Å². The van der Waals surface area contributed by atoms with Crippen LogP contribution in [-0.4, -0.2) is 46.5 Å². The first kappa shape index (κ1) is 18.0. The van der Waals surface area contributed by atoms with E-state index in [0.717, 1.165) is 38.9 Å². The van der Waals surface area contributed by atoms with Crippen molar-refractivity contribution in [3.63, 3.8) is 0 Å². The van der Waals surface area contributed by atoms with Crippen molar-refractivity contribution in [2.45, 2.75) is 76.9 Å². The molecule has 2 unspecified atom stereocenters. The van der Waals surface area contributed by atoms with Crippen LogP contribution in [0.15, 0.2) is 18.2 Å². The predicted octanol–water partition coefficient (Wildman–Crippen LogP) is 4.43. The first-order chi connectivity index (χ1) is 14.1. The molecule has 4 aliphatic rings. The van der Waals surface area contributed by atoms with Crippen molar-refractivity contribution in [2.75, 3.05) is 20.1 Å². The maximum atomic E-state index is 13.5. The molecule has 2 saturated heterocycles. The monoisotopic (exact) mass is 391 g/mol. The number of carbonyl (C=O) groups is 1. The molecule has 29 heavy (non-hydrogen) atoms. The lowest BCUT2D eigenvalue weighted by molar-refractivity contribution is -0.138. The molecular formula is C25H33N3O. The van der Waals surface area contributed by atoms with Crippen molar-refractivity contribution in [3.8, 4) is 0 Å². The van der Waals surface area contributed by atoms with Crippen LogP contribution in [0.2, 0.25) is 0 Å². The number of aryl methyl sites for hydroxylation is 1. The third-order valence-electron chi connectivity index (χ3n) is 8.38. The third-order valence-corrected chi connectivity index (χ3v) is 8.38. The summed E-state index contributed by atoms with van der Waals surface area (Å²) in [6.07, 6.45) is 9.49. The van der Waals surface area contributed by atoms with E-state index in [1.165, 1.54) is 54.3 Å². The maximum absolute atomic E-state index is 13.5. The zero-order valence-corrected chi connectivity index (χ0v) is 17.9. The van der Waals surface area contributed by atoms with Gasteiger partial charge in [0.1, 0.15) is 0 Å². The number of benzene rings is 1. The minimum absolute atomic E-state index is 0.135. The van der Waals surface area contributed by atoms with Crippen LogP contribution in [0.4, 0.5) is 0 Å². The summed E-state index contributed by atoms with van der Waals surface area (Å²) in [6, 6.07) is 8.19. The summed E-state index contributed by atoms with van der Waals surface area (Å²) in [7, 11) is 2.31. The van der Waals surface area contributed by atoms with Crippen LogP contribution in [0, 0.1) is 12.3 Å². The molecule has 0 N–H and O–H groups in total. The fraction of sp³-hybridized carbons (Fsp3) is 0.640. The van der Waals surface area contributed by atoms with Crippen molar-refractivity contribution < 1.29 is 4.79 Å². The lowest BCUT2D eigenvalue weighted by Crippen LogP contribution is -2.42. The average Bonchev–Trinajstić information content (AvgIpc) is 3.41. The van der Waals surface area contributed by atoms with E-state index >= 15 is 0 Å². The second-order valence-electron chi connectivity index (χ2n) is 10.2. The summed E-state index contributed by atoms with van der Waals surface area (Å²) in [5.41, 5.74) is 5.67. The number of hydrogen-bond acceptors (Lipinski definition) is 2. The Labute approximate surface area is 173 Å². The van der Waals surface area contributed by atoms with Crippen LogP contribution >= 0.6 is 0 Å². The molecule has 0 radical (unpaired) electrons. The molecule has 2 aromatic rings. The van der Waals surface area contributed by atoms with Gasteiger partial charge in [-0.2, -0.15) is 0 Å². The van der Waals surface area contributed by atoms with Gasteiger partial charge >= 0.3 is 0 Å². The molecule has 6 rings (SSSR count). The molecule has 3 aliphatic heterocycles. The average molecular weight is 392 g/mol. The Kier molecular flexibility index (Phi) is 3.94. The van der Waals surface area contributed by atoms with Crippen LogP contribution in [0.3, 0.4) is 0 Å². The summed E-state index contributed by atoms with van der Waals surface area (Å²) in [4.78, 5) is 18.3. The number of piperidine rings is 1. The maximum Gasteiger partial charge on any atom is 0.230 e. The summed E-state index contributed by atoms with van der Waals surface area (Å²) >= 11 is 0. The molecule has 2 bridgehead atoms. The Morgan fingerprint density at radius 1 is 1.14 bits per heavy atom. The first-order valence-corrected chi connectivity index (χ1v) is 11.7. The van der Waals surface area contributed by atoms with Gasteiger partial charge in [0.25, 0.3) is 0 Å². The summed E-state index contributed by atoms with van der Waals surface area (Å²) in [6.45, 7) is 5.04. The van der Waals surface area contributed by atoms with E-state index < -0.39 is 0 Å². The fourth-order valence-electron chi connectivity index (χ4n) is 6.47. The zero-order chi connectivity index (χ0) is 19.8. The number of likely N-dealkylation sites (N-methyl/N-ethyl adjacent to an activating group) is 1. The molecule has 3 fully saturated rings. The normalized spacial score (nSPS) is 28.0. The van der Waals surface area contributed by atoms with E-state index in [0.29, 0.717) is 18.0 Å². The first-order valence-electron chi connectivity index (χ1n) is 11.7. The van der Waals surface area contributed by atoms with Gasteiger partial charge in [-0.05, 0) is 76.6 Å². The molecule has 1 aromatic heterocycles. The van der Waals surface area contributed by atoms with Gasteiger partial charge in [-0.25, -0.2) is 0 Å². The smallest absolute Gasteiger partial charge is 0.230 e. The van der Waals surface area contributed by atoms with Gasteiger partial charge in [0.15, 0.2) is 0 Å². The highest BCUT2D eigenvalue weighted by molar-refractivity contribution is 5.89. The summed E-state index contributed by atoms with van der Waals surface area (Å²) in [5.74, 6) is 0.441. The Bertz CT molecular complexity index is 980. The fourth-order valence-corrected chi connectivity index (χ4v) is 6.47. The highest BCUT2D eigenvalue weighted by atomic mass is 16.2. The van der Waals surface area contributed by atoms with E-state index in [1.54, 1.807) is 5.56 Å². The molecule has 0 spiro atoms. The Morgan fingerprint density at radius 2 is 1.93 bits per heavy atom. The van der Waals surface area contributed by atoms with E-state index in [9.17, 15) is 4.79 Å². The minimum Gasteiger partial charge on any atom is -0.343 e. The van der Waals surface area contributed by atoms with Crippen LogP contribution in [0.5, 0.6) is 0 Å². The third kappa shape index (κ3) is 2.64. The number of nitrogens with zero attached hydrogens (tertiary/aromatic N) is 3. The number of hydrogen-bond donors (Lipinski definition) is 0. The predicted molar refractivity (Wildman–Crippen MR) is 116 cm³/mol. The van der Waals surface area contributed by atoms with Gasteiger partial charge in [-0.15, -0.1) is 0 Å². The molecule has 1 saturated carbocycles. The van der Waals surface area contributed by atoms with Crippen molar-refractivity contribution in [2.24, 2.45) is 5.41 Å². The van der Waals surface area contributed by atoms with E-state index in [4.69, 9.17) is 0 Å². The second kappa shape index (κ2) is 6.34. The van der Waals surface area contributed by atoms with E-state index in [1.807, 2.05) is 0 Å². The topological polar surface area (TPSA) is 28.5 Å². The molecule has 4 heterocycles. The number of aromatic nitrogens is 1. The number of amides is 1. The quantitative estimate of drug-likeness (QED) is 0.774.